The molecule has 16 nitrogen and oxygen atoms in total. The molecule has 6 aromatic rings. The minimum absolute atomic E-state index is 0.0935. The molecule has 5 heterocycles. The van der Waals surface area contributed by atoms with E-state index in [1.54, 1.807) is 18.2 Å². The first kappa shape index (κ1) is 42.4. The summed E-state index contributed by atoms with van der Waals surface area (Å²) in [5.74, 6) is 1.62. The van der Waals surface area contributed by atoms with Crippen molar-refractivity contribution in [3.8, 4) is 28.1 Å². The normalized spacial score (nSPS) is 18.9. The van der Waals surface area contributed by atoms with E-state index in [4.69, 9.17) is 28.9 Å². The number of likely N-dealkylation sites (tertiary alicyclic amines) is 2. The monoisotopic (exact) mass is 868 g/mol. The fourth-order valence-corrected chi connectivity index (χ4v) is 9.54. The Kier molecular flexibility index (Phi) is 11.7. The van der Waals surface area contributed by atoms with Gasteiger partial charge in [-0.2, -0.15) is 0 Å². The van der Waals surface area contributed by atoms with Crippen LogP contribution in [0.1, 0.15) is 74.0 Å². The summed E-state index contributed by atoms with van der Waals surface area (Å²) in [4.78, 5) is 73.1. The van der Waals surface area contributed by atoms with Crippen LogP contribution in [0.2, 0.25) is 0 Å². The van der Waals surface area contributed by atoms with E-state index in [0.717, 1.165) is 68.3 Å². The summed E-state index contributed by atoms with van der Waals surface area (Å²) < 4.78 is 21.6. The number of nitrogens with zero attached hydrogens (tertiary/aromatic N) is 4. The third-order valence-corrected chi connectivity index (χ3v) is 12.7. The van der Waals surface area contributed by atoms with Crippen molar-refractivity contribution >= 4 is 45.8 Å². The van der Waals surface area contributed by atoms with Crippen LogP contribution in [0.25, 0.3) is 44.2 Å². The van der Waals surface area contributed by atoms with Crippen molar-refractivity contribution in [3.63, 3.8) is 0 Å². The summed E-state index contributed by atoms with van der Waals surface area (Å²) in [6, 6.07) is 21.4. The number of aromatic nitrogens is 4. The maximum absolute atomic E-state index is 14.1. The smallest absolute Gasteiger partial charge is 0.407 e. The Labute approximate surface area is 370 Å². The lowest BCUT2D eigenvalue weighted by Crippen LogP contribution is -2.51. The highest BCUT2D eigenvalue weighted by molar-refractivity contribution is 6.07. The van der Waals surface area contributed by atoms with Gasteiger partial charge in [-0.15, -0.1) is 0 Å². The summed E-state index contributed by atoms with van der Waals surface area (Å²) in [7, 11) is 4.22. The standard InChI is InChI=1S/C48H52N8O8/c1-26(2)40(53-47(59)62-4)45(57)56-23-27(24-61-3)18-38(56)44-50-35-16-14-29-20-34-32-15-13-30(19-31(32)25-64-39(34)21-33(29)42(35)52-44)36-22-49-43(51-36)37-12-9-17-55(37)46(58)41(54-48(60)63-5)28-10-7-6-8-11-28/h6-8,10-11,13-16,19-22,26-27,37-38,40-41H,9,12,17-18,23-25H2,1-5H3,(H,49,51)(H,50,52)(H,53,59)(H,54,60)/t27?,37-,38-,40-,41+/m0/s1. The van der Waals surface area contributed by atoms with Gasteiger partial charge in [0.1, 0.15) is 36.1 Å². The lowest BCUT2D eigenvalue weighted by molar-refractivity contribution is -0.136. The number of methoxy groups -OCH3 is 3. The molecule has 4 amide bonds. The topological polar surface area (TPSA) is 193 Å². The molecule has 0 aliphatic carbocycles. The number of fused-ring (bicyclic) bond motifs is 6. The van der Waals surface area contributed by atoms with Crippen molar-refractivity contribution in [2.45, 2.75) is 63.9 Å². The van der Waals surface area contributed by atoms with Gasteiger partial charge in [-0.25, -0.2) is 19.6 Å². The van der Waals surface area contributed by atoms with Crippen LogP contribution < -0.4 is 15.4 Å². The first-order valence-corrected chi connectivity index (χ1v) is 21.7. The molecule has 0 spiro atoms. The van der Waals surface area contributed by atoms with Crippen LogP contribution in [-0.2, 0) is 30.4 Å². The molecular formula is C48H52N8O8. The fraction of sp³-hybridized carbons (Fsp3) is 0.375. The van der Waals surface area contributed by atoms with Crippen LogP contribution >= 0.6 is 0 Å². The van der Waals surface area contributed by atoms with Crippen LogP contribution in [-0.4, -0.2) is 101 Å². The molecule has 0 bridgehead atoms. The lowest BCUT2D eigenvalue weighted by Gasteiger charge is -2.30. The maximum atomic E-state index is 14.1. The number of benzene rings is 4. The number of carbonyl (C=O) groups excluding carboxylic acids is 4. The molecule has 16 heteroatoms. The van der Waals surface area contributed by atoms with Crippen molar-refractivity contribution in [2.24, 2.45) is 11.8 Å². The Morgan fingerprint density at radius 2 is 1.66 bits per heavy atom. The molecule has 2 saturated heterocycles. The molecule has 5 atom stereocenters. The number of H-pyrrole nitrogens is 2. The molecule has 1 unspecified atom stereocenters. The Morgan fingerprint density at radius 1 is 0.859 bits per heavy atom. The summed E-state index contributed by atoms with van der Waals surface area (Å²) in [6.45, 7) is 5.65. The second-order valence-corrected chi connectivity index (χ2v) is 17.1. The molecule has 4 aromatic carbocycles. The van der Waals surface area contributed by atoms with Crippen LogP contribution in [0.15, 0.2) is 79.0 Å². The average Bonchev–Trinajstić information content (AvgIpc) is 4.15. The highest BCUT2D eigenvalue weighted by Crippen LogP contribution is 2.44. The van der Waals surface area contributed by atoms with Crippen LogP contribution in [0.3, 0.4) is 0 Å². The Morgan fingerprint density at radius 3 is 2.42 bits per heavy atom. The molecule has 0 radical (unpaired) electrons. The van der Waals surface area contributed by atoms with E-state index in [1.165, 1.54) is 14.2 Å². The van der Waals surface area contributed by atoms with Crippen LogP contribution in [0.5, 0.6) is 5.75 Å². The van der Waals surface area contributed by atoms with Gasteiger partial charge < -0.3 is 49.3 Å². The van der Waals surface area contributed by atoms with Crippen LogP contribution in [0.4, 0.5) is 9.59 Å². The van der Waals surface area contributed by atoms with Crippen molar-refractivity contribution in [1.82, 2.24) is 40.4 Å². The van der Waals surface area contributed by atoms with Crippen molar-refractivity contribution in [2.75, 3.05) is 41.0 Å². The van der Waals surface area contributed by atoms with Gasteiger partial charge in [0.25, 0.3) is 5.91 Å². The average molecular weight is 869 g/mol. The highest BCUT2D eigenvalue weighted by atomic mass is 16.5. The third-order valence-electron chi connectivity index (χ3n) is 12.7. The molecule has 332 valence electrons. The van der Waals surface area contributed by atoms with Crippen molar-refractivity contribution in [3.05, 3.63) is 102 Å². The molecule has 2 fully saturated rings. The molecule has 3 aliphatic rings. The fourth-order valence-electron chi connectivity index (χ4n) is 9.54. The zero-order valence-electron chi connectivity index (χ0n) is 36.5. The Bertz CT molecular complexity index is 2730. The number of amides is 4. The van der Waals surface area contributed by atoms with Gasteiger partial charge >= 0.3 is 12.2 Å². The first-order chi connectivity index (χ1) is 31.0. The second kappa shape index (κ2) is 17.7. The predicted octanol–water partition coefficient (Wildman–Crippen LogP) is 7.34. The van der Waals surface area contributed by atoms with Gasteiger partial charge in [0.2, 0.25) is 5.91 Å². The summed E-state index contributed by atoms with van der Waals surface area (Å²) in [5, 5.41) is 7.41. The number of imidazole rings is 2. The SMILES string of the molecule is COCC1C[C@@H](c2nc3ccc4cc5c(cc4c3[nH]2)OCc2cc(-c3cnc([C@@H]4CCCN4C(=O)[C@H](NC(=O)OC)c4ccccc4)[nH]3)ccc2-5)N(C(=O)[C@@H](NC(=O)OC)C(C)C)C1. The minimum atomic E-state index is -0.899. The van der Waals surface area contributed by atoms with Crippen LogP contribution in [0, 0.1) is 11.8 Å². The highest BCUT2D eigenvalue weighted by Gasteiger charge is 2.42. The predicted molar refractivity (Wildman–Crippen MR) is 238 cm³/mol. The number of aromatic amines is 2. The molecular weight excluding hydrogens is 817 g/mol. The minimum Gasteiger partial charge on any atom is -0.488 e. The Hall–Kier alpha value is -6.94. The number of alkyl carbamates (subject to hydrolysis) is 2. The molecule has 2 aromatic heterocycles. The first-order valence-electron chi connectivity index (χ1n) is 21.7. The van der Waals surface area contributed by atoms with Gasteiger partial charge in [0.05, 0.1) is 55.8 Å². The van der Waals surface area contributed by atoms with Crippen molar-refractivity contribution < 1.29 is 38.1 Å². The molecule has 0 saturated carbocycles. The van der Waals surface area contributed by atoms with Gasteiger partial charge in [-0.1, -0.05) is 62.4 Å². The number of carbonyl (C=O) groups is 4. The van der Waals surface area contributed by atoms with E-state index in [0.29, 0.717) is 49.9 Å². The number of nitrogens with one attached hydrogen (secondary N) is 4. The van der Waals surface area contributed by atoms with E-state index in [9.17, 15) is 19.2 Å². The van der Waals surface area contributed by atoms with Gasteiger partial charge in [0.15, 0.2) is 0 Å². The summed E-state index contributed by atoms with van der Waals surface area (Å²) in [6.07, 6.45) is 2.66. The van der Waals surface area contributed by atoms with E-state index >= 15 is 0 Å². The van der Waals surface area contributed by atoms with Gasteiger partial charge in [-0.3, -0.25) is 9.59 Å². The van der Waals surface area contributed by atoms with Gasteiger partial charge in [0, 0.05) is 37.1 Å². The Balaban J connectivity index is 0.966. The maximum Gasteiger partial charge on any atom is 0.407 e. The summed E-state index contributed by atoms with van der Waals surface area (Å²) >= 11 is 0. The van der Waals surface area contributed by atoms with Crippen molar-refractivity contribution in [1.29, 1.82) is 0 Å². The molecule has 3 aliphatic heterocycles. The molecule has 64 heavy (non-hydrogen) atoms. The van der Waals surface area contributed by atoms with E-state index < -0.39 is 24.3 Å². The zero-order valence-corrected chi connectivity index (χ0v) is 36.5. The van der Waals surface area contributed by atoms with Gasteiger partial charge in [-0.05, 0) is 77.1 Å². The quantitative estimate of drug-likeness (QED) is 0.102. The third kappa shape index (κ3) is 7.97. The second-order valence-electron chi connectivity index (χ2n) is 17.1. The molecule has 9 rings (SSSR count). The lowest BCUT2D eigenvalue weighted by atomic mass is 9.92. The zero-order chi connectivity index (χ0) is 44.6. The number of ether oxygens (including phenoxy) is 4. The number of hydrogen-bond donors (Lipinski definition) is 4. The number of rotatable bonds is 11. The van der Waals surface area contributed by atoms with E-state index in [2.05, 4.69) is 57.0 Å². The number of hydrogen-bond acceptors (Lipinski definition) is 10. The molecule has 4 N–H and O–H groups in total. The van der Waals surface area contributed by atoms with E-state index in [-0.39, 0.29) is 35.7 Å². The van der Waals surface area contributed by atoms with E-state index in [1.807, 2.05) is 55.1 Å². The largest absolute Gasteiger partial charge is 0.488 e. The summed E-state index contributed by atoms with van der Waals surface area (Å²) in [5.41, 5.74) is 7.13.